The second-order valence-electron chi connectivity index (χ2n) is 6.26. The summed E-state index contributed by atoms with van der Waals surface area (Å²) in [5.74, 6) is 0.252. The molecule has 27 heavy (non-hydrogen) atoms. The van der Waals surface area contributed by atoms with Crippen molar-refractivity contribution in [2.45, 2.75) is 33.6 Å². The van der Waals surface area contributed by atoms with E-state index in [4.69, 9.17) is 9.47 Å². The van der Waals surface area contributed by atoms with Crippen LogP contribution in [0.25, 0.3) is 0 Å². The second-order valence-corrected chi connectivity index (χ2v) is 6.26. The van der Waals surface area contributed by atoms with Crippen LogP contribution in [0.4, 0.5) is 5.69 Å². The molecule has 0 unspecified atom stereocenters. The fraction of sp³-hybridized carbons (Fsp3) is 0.619. The van der Waals surface area contributed by atoms with Gasteiger partial charge in [-0.05, 0) is 44.0 Å². The van der Waals surface area contributed by atoms with Crippen LogP contribution in [0.5, 0.6) is 0 Å². The molecule has 1 aliphatic rings. The Morgan fingerprint density at radius 3 is 2.30 bits per heavy atom. The molecule has 1 N–H and O–H groups in total. The average molecular weight is 381 g/mol. The summed E-state index contributed by atoms with van der Waals surface area (Å²) in [6.07, 6.45) is 1.68. The molecule has 0 atom stereocenters. The van der Waals surface area contributed by atoms with Crippen LogP contribution in [-0.2, 0) is 14.3 Å². The zero-order chi connectivity index (χ0) is 20.1. The number of hydrogen-bond donors (Lipinski definition) is 1. The number of carbonyl (C=O) groups is 2. The van der Waals surface area contributed by atoms with Crippen molar-refractivity contribution in [3.8, 4) is 0 Å². The predicted molar refractivity (Wildman–Crippen MR) is 111 cm³/mol. The molecule has 6 heteroatoms. The number of anilines is 1. The summed E-state index contributed by atoms with van der Waals surface area (Å²) in [5, 5.41) is 2.94. The smallest absolute Gasteiger partial charge is 0.223 e. The van der Waals surface area contributed by atoms with E-state index in [1.807, 2.05) is 38.1 Å². The summed E-state index contributed by atoms with van der Waals surface area (Å²) >= 11 is 0. The number of methoxy groups -OCH3 is 1. The molecule has 0 aromatic heterocycles. The maximum atomic E-state index is 12.2. The standard InChI is InChI=1S/C19H28N2O4.C2H6.H2/c1-15(22)16-3-5-18(6-4-16)21-10-7-17(8-11-21)19(23)20-9-12-25-14-13-24-2;1-2;/h3-6,17H,7-14H2,1-2H3,(H,20,23);1-2H3;1H. The average Bonchev–Trinajstić information content (AvgIpc) is 2.72. The Labute approximate surface area is 164 Å². The number of rotatable bonds is 9. The summed E-state index contributed by atoms with van der Waals surface area (Å²) in [6.45, 7) is 9.43. The van der Waals surface area contributed by atoms with Crippen molar-refractivity contribution in [3.63, 3.8) is 0 Å². The fourth-order valence-corrected chi connectivity index (χ4v) is 2.94. The monoisotopic (exact) mass is 380 g/mol. The molecule has 1 aromatic rings. The molecule has 2 rings (SSSR count). The van der Waals surface area contributed by atoms with Gasteiger partial charge in [0.2, 0.25) is 5.91 Å². The van der Waals surface area contributed by atoms with E-state index in [0.29, 0.717) is 26.4 Å². The van der Waals surface area contributed by atoms with Gasteiger partial charge in [0, 0.05) is 45.3 Å². The van der Waals surface area contributed by atoms with Gasteiger partial charge in [-0.2, -0.15) is 0 Å². The van der Waals surface area contributed by atoms with Crippen molar-refractivity contribution >= 4 is 17.4 Å². The van der Waals surface area contributed by atoms with Gasteiger partial charge in [0.25, 0.3) is 0 Å². The van der Waals surface area contributed by atoms with Crippen molar-refractivity contribution in [1.82, 2.24) is 5.32 Å². The van der Waals surface area contributed by atoms with Crippen LogP contribution in [0.2, 0.25) is 0 Å². The number of benzene rings is 1. The molecule has 0 spiro atoms. The molecule has 1 saturated heterocycles. The van der Waals surface area contributed by atoms with E-state index >= 15 is 0 Å². The van der Waals surface area contributed by atoms with Crippen molar-refractivity contribution in [3.05, 3.63) is 29.8 Å². The van der Waals surface area contributed by atoms with Crippen LogP contribution >= 0.6 is 0 Å². The number of nitrogens with zero attached hydrogens (tertiary/aromatic N) is 1. The Morgan fingerprint density at radius 2 is 1.74 bits per heavy atom. The quantitative estimate of drug-likeness (QED) is 0.526. The maximum Gasteiger partial charge on any atom is 0.223 e. The first kappa shape index (κ1) is 23.1. The highest BCUT2D eigenvalue weighted by molar-refractivity contribution is 5.94. The lowest BCUT2D eigenvalue weighted by atomic mass is 9.95. The number of hydrogen-bond acceptors (Lipinski definition) is 5. The molecular formula is C21H36N2O4. The molecule has 1 aliphatic heterocycles. The lowest BCUT2D eigenvalue weighted by Crippen LogP contribution is -2.41. The van der Waals surface area contributed by atoms with Gasteiger partial charge >= 0.3 is 0 Å². The van der Waals surface area contributed by atoms with Gasteiger partial charge in [-0.3, -0.25) is 9.59 Å². The van der Waals surface area contributed by atoms with Crippen molar-refractivity contribution in [1.29, 1.82) is 0 Å². The number of ketones is 1. The van der Waals surface area contributed by atoms with E-state index in [2.05, 4.69) is 10.2 Å². The third-order valence-corrected chi connectivity index (χ3v) is 4.48. The highest BCUT2D eigenvalue weighted by Crippen LogP contribution is 2.23. The Hall–Kier alpha value is -1.92. The van der Waals surface area contributed by atoms with Gasteiger partial charge in [-0.25, -0.2) is 0 Å². The third kappa shape index (κ3) is 8.10. The number of Topliss-reactive ketones (excluding diaryl/α,β-unsaturated/α-hetero) is 1. The first-order valence-corrected chi connectivity index (χ1v) is 9.82. The van der Waals surface area contributed by atoms with Crippen molar-refractivity contribution in [2.75, 3.05) is 51.5 Å². The topological polar surface area (TPSA) is 67.9 Å². The minimum atomic E-state index is 0. The van der Waals surface area contributed by atoms with Crippen LogP contribution < -0.4 is 10.2 Å². The van der Waals surface area contributed by atoms with Gasteiger partial charge in [-0.15, -0.1) is 0 Å². The number of piperidine rings is 1. The normalized spacial score (nSPS) is 14.3. The molecule has 6 nitrogen and oxygen atoms in total. The highest BCUT2D eigenvalue weighted by Gasteiger charge is 2.24. The highest BCUT2D eigenvalue weighted by atomic mass is 16.5. The maximum absolute atomic E-state index is 12.2. The Kier molecular flexibility index (Phi) is 11.4. The number of ether oxygens (including phenoxy) is 2. The van der Waals surface area contributed by atoms with Crippen LogP contribution in [0.15, 0.2) is 24.3 Å². The number of amides is 1. The first-order valence-electron chi connectivity index (χ1n) is 9.82. The minimum absolute atomic E-state index is 0. The molecular weight excluding hydrogens is 344 g/mol. The number of nitrogens with one attached hydrogen (secondary N) is 1. The third-order valence-electron chi connectivity index (χ3n) is 4.48. The molecule has 154 valence electrons. The van der Waals surface area contributed by atoms with E-state index in [9.17, 15) is 9.59 Å². The van der Waals surface area contributed by atoms with E-state index in [1.54, 1.807) is 14.0 Å². The van der Waals surface area contributed by atoms with Gasteiger partial charge in [0.1, 0.15) is 0 Å². The van der Waals surface area contributed by atoms with E-state index in [1.165, 1.54) is 0 Å². The van der Waals surface area contributed by atoms with E-state index in [0.717, 1.165) is 37.2 Å². The van der Waals surface area contributed by atoms with Gasteiger partial charge in [0.05, 0.1) is 19.8 Å². The van der Waals surface area contributed by atoms with Gasteiger partial charge in [0.15, 0.2) is 5.78 Å². The first-order chi connectivity index (χ1) is 13.1. The van der Waals surface area contributed by atoms with Crippen LogP contribution in [0.1, 0.15) is 45.4 Å². The Morgan fingerprint density at radius 1 is 1.11 bits per heavy atom. The summed E-state index contributed by atoms with van der Waals surface area (Å²) in [4.78, 5) is 25.8. The second kappa shape index (κ2) is 13.3. The lowest BCUT2D eigenvalue weighted by molar-refractivity contribution is -0.125. The molecule has 1 aromatic carbocycles. The van der Waals surface area contributed by atoms with Crippen LogP contribution in [0, 0.1) is 5.92 Å². The van der Waals surface area contributed by atoms with Gasteiger partial charge in [-0.1, -0.05) is 13.8 Å². The van der Waals surface area contributed by atoms with Crippen LogP contribution in [0.3, 0.4) is 0 Å². The van der Waals surface area contributed by atoms with E-state index in [-0.39, 0.29) is 19.0 Å². The Bertz CT molecular complexity index is 558. The van der Waals surface area contributed by atoms with Crippen LogP contribution in [-0.4, -0.2) is 58.3 Å². The SMILES string of the molecule is CC.COCCOCCNC(=O)C1CCN(c2ccc(C(C)=O)cc2)CC1.[HH]. The summed E-state index contributed by atoms with van der Waals surface area (Å²) < 4.78 is 10.2. The largest absolute Gasteiger partial charge is 0.382 e. The van der Waals surface area contributed by atoms with E-state index < -0.39 is 0 Å². The molecule has 0 bridgehead atoms. The molecule has 1 amide bonds. The minimum Gasteiger partial charge on any atom is -0.382 e. The molecule has 1 heterocycles. The molecule has 0 radical (unpaired) electrons. The summed E-state index contributed by atoms with van der Waals surface area (Å²) in [7, 11) is 1.63. The zero-order valence-corrected chi connectivity index (χ0v) is 17.1. The fourth-order valence-electron chi connectivity index (χ4n) is 2.94. The molecule has 0 saturated carbocycles. The zero-order valence-electron chi connectivity index (χ0n) is 17.1. The van der Waals surface area contributed by atoms with Crippen molar-refractivity contribution < 1.29 is 20.5 Å². The predicted octanol–water partition coefficient (Wildman–Crippen LogP) is 3.16. The van der Waals surface area contributed by atoms with Gasteiger partial charge < -0.3 is 19.7 Å². The molecule has 1 fully saturated rings. The summed E-state index contributed by atoms with van der Waals surface area (Å²) in [6, 6.07) is 7.68. The summed E-state index contributed by atoms with van der Waals surface area (Å²) in [5.41, 5.74) is 1.83. The number of carbonyl (C=O) groups excluding carboxylic acids is 2. The van der Waals surface area contributed by atoms with Crippen molar-refractivity contribution in [2.24, 2.45) is 5.92 Å². The molecule has 0 aliphatic carbocycles. The Balaban J connectivity index is 0.00000235. The lowest BCUT2D eigenvalue weighted by Gasteiger charge is -2.33.